The van der Waals surface area contributed by atoms with Crippen molar-refractivity contribution in [1.29, 1.82) is 0 Å². The summed E-state index contributed by atoms with van der Waals surface area (Å²) in [5, 5.41) is 2.96. The molecule has 0 bridgehead atoms. The molecule has 0 saturated carbocycles. The van der Waals surface area contributed by atoms with Crippen molar-refractivity contribution in [2.45, 2.75) is 19.9 Å². The lowest BCUT2D eigenvalue weighted by atomic mass is 10.1. The number of carbonyl (C=O) groups excluding carboxylic acids is 1. The zero-order valence-corrected chi connectivity index (χ0v) is 15.4. The quantitative estimate of drug-likeness (QED) is 0.785. The summed E-state index contributed by atoms with van der Waals surface area (Å²) in [4.78, 5) is 17.1. The Balaban J connectivity index is 1.48. The van der Waals surface area contributed by atoms with E-state index in [0.717, 1.165) is 50.5 Å². The van der Waals surface area contributed by atoms with Crippen LogP contribution in [0, 0.1) is 0 Å². The molecule has 1 amide bonds. The van der Waals surface area contributed by atoms with Gasteiger partial charge in [0.1, 0.15) is 0 Å². The van der Waals surface area contributed by atoms with Gasteiger partial charge in [0.15, 0.2) is 0 Å². The van der Waals surface area contributed by atoms with Gasteiger partial charge in [-0.2, -0.15) is 0 Å². The highest BCUT2D eigenvalue weighted by atomic mass is 16.1. The Morgan fingerprint density at radius 1 is 0.923 bits per heavy atom. The highest BCUT2D eigenvalue weighted by Gasteiger charge is 2.15. The second-order valence-electron chi connectivity index (χ2n) is 6.87. The van der Waals surface area contributed by atoms with E-state index in [2.05, 4.69) is 34.2 Å². The van der Waals surface area contributed by atoms with E-state index in [0.29, 0.717) is 12.1 Å². The number of hydrogen-bond acceptors (Lipinski definition) is 4. The van der Waals surface area contributed by atoms with Gasteiger partial charge >= 0.3 is 0 Å². The van der Waals surface area contributed by atoms with Crippen molar-refractivity contribution < 1.29 is 4.79 Å². The van der Waals surface area contributed by atoms with E-state index in [-0.39, 0.29) is 5.91 Å². The SMILES string of the molecule is CCN1CCN(Cc2ccc(NC(=O)Cc3ccc(N)cc3)cc2)CC1. The van der Waals surface area contributed by atoms with Gasteiger partial charge in [-0.3, -0.25) is 9.69 Å². The largest absolute Gasteiger partial charge is 0.399 e. The summed E-state index contributed by atoms with van der Waals surface area (Å²) < 4.78 is 0. The highest BCUT2D eigenvalue weighted by molar-refractivity contribution is 5.92. The third kappa shape index (κ3) is 5.31. The predicted molar refractivity (Wildman–Crippen MR) is 107 cm³/mol. The lowest BCUT2D eigenvalue weighted by molar-refractivity contribution is -0.115. The predicted octanol–water partition coefficient (Wildman–Crippen LogP) is 2.59. The van der Waals surface area contributed by atoms with Crippen molar-refractivity contribution in [2.75, 3.05) is 43.8 Å². The lowest BCUT2D eigenvalue weighted by Gasteiger charge is -2.34. The number of nitrogens with two attached hydrogens (primary N) is 1. The Bertz CT molecular complexity index is 704. The van der Waals surface area contributed by atoms with Crippen LogP contribution in [0.5, 0.6) is 0 Å². The normalized spacial score (nSPS) is 15.7. The number of nitrogens with zero attached hydrogens (tertiary/aromatic N) is 2. The average Bonchev–Trinajstić information content (AvgIpc) is 2.66. The number of nitrogen functional groups attached to an aromatic ring is 1. The fourth-order valence-electron chi connectivity index (χ4n) is 3.24. The van der Waals surface area contributed by atoms with Gasteiger partial charge in [-0.15, -0.1) is 0 Å². The standard InChI is InChI=1S/C21H28N4O/c1-2-24-11-13-25(14-12-24)16-18-5-9-20(10-6-18)23-21(26)15-17-3-7-19(22)8-4-17/h3-10H,2,11-16,22H2,1H3,(H,23,26). The van der Waals surface area contributed by atoms with Crippen LogP contribution in [0.3, 0.4) is 0 Å². The molecule has 2 aromatic carbocycles. The topological polar surface area (TPSA) is 61.6 Å². The van der Waals surface area contributed by atoms with Crippen LogP contribution in [0.4, 0.5) is 11.4 Å². The molecule has 0 aromatic heterocycles. The molecule has 0 unspecified atom stereocenters. The Morgan fingerprint density at radius 3 is 2.12 bits per heavy atom. The third-order valence-electron chi connectivity index (χ3n) is 4.90. The second-order valence-corrected chi connectivity index (χ2v) is 6.87. The molecule has 5 nitrogen and oxygen atoms in total. The summed E-state index contributed by atoms with van der Waals surface area (Å²) in [6.07, 6.45) is 0.351. The van der Waals surface area contributed by atoms with E-state index in [1.54, 1.807) is 0 Å². The molecule has 2 aromatic rings. The fourth-order valence-corrected chi connectivity index (χ4v) is 3.24. The Morgan fingerprint density at radius 2 is 1.50 bits per heavy atom. The molecular formula is C21H28N4O. The lowest BCUT2D eigenvalue weighted by Crippen LogP contribution is -2.45. The van der Waals surface area contributed by atoms with Gasteiger partial charge in [0, 0.05) is 44.1 Å². The number of benzene rings is 2. The first-order chi connectivity index (χ1) is 12.6. The minimum Gasteiger partial charge on any atom is -0.399 e. The molecule has 1 fully saturated rings. The molecule has 0 spiro atoms. The molecule has 3 N–H and O–H groups in total. The first kappa shape index (κ1) is 18.4. The van der Waals surface area contributed by atoms with Crippen molar-refractivity contribution in [2.24, 2.45) is 0 Å². The smallest absolute Gasteiger partial charge is 0.228 e. The maximum absolute atomic E-state index is 12.2. The molecule has 0 aliphatic carbocycles. The van der Waals surface area contributed by atoms with E-state index in [1.807, 2.05) is 36.4 Å². The number of likely N-dealkylation sites (N-methyl/N-ethyl adjacent to an activating group) is 1. The molecule has 0 atom stereocenters. The summed E-state index contributed by atoms with van der Waals surface area (Å²) in [7, 11) is 0. The minimum absolute atomic E-state index is 0.0155. The Kier molecular flexibility index (Phi) is 6.26. The zero-order chi connectivity index (χ0) is 18.4. The second kappa shape index (κ2) is 8.83. The van der Waals surface area contributed by atoms with E-state index in [4.69, 9.17) is 5.73 Å². The van der Waals surface area contributed by atoms with Crippen LogP contribution in [-0.4, -0.2) is 48.4 Å². The first-order valence-corrected chi connectivity index (χ1v) is 9.30. The summed E-state index contributed by atoms with van der Waals surface area (Å²) in [6, 6.07) is 15.6. The van der Waals surface area contributed by atoms with E-state index in [9.17, 15) is 4.79 Å². The summed E-state index contributed by atoms with van der Waals surface area (Å²) in [5.74, 6) is -0.0155. The third-order valence-corrected chi connectivity index (χ3v) is 4.90. The van der Waals surface area contributed by atoms with Crippen LogP contribution in [0.25, 0.3) is 0 Å². The Hall–Kier alpha value is -2.37. The van der Waals surface area contributed by atoms with E-state index >= 15 is 0 Å². The molecule has 5 heteroatoms. The molecular weight excluding hydrogens is 324 g/mol. The number of nitrogens with one attached hydrogen (secondary N) is 1. The van der Waals surface area contributed by atoms with E-state index < -0.39 is 0 Å². The van der Waals surface area contributed by atoms with Gasteiger partial charge in [0.25, 0.3) is 0 Å². The molecule has 1 heterocycles. The molecule has 138 valence electrons. The maximum Gasteiger partial charge on any atom is 0.228 e. The molecule has 0 radical (unpaired) electrons. The summed E-state index contributed by atoms with van der Waals surface area (Å²) in [5.41, 5.74) is 9.46. The monoisotopic (exact) mass is 352 g/mol. The fraction of sp³-hybridized carbons (Fsp3) is 0.381. The molecule has 3 rings (SSSR count). The molecule has 1 aliphatic rings. The van der Waals surface area contributed by atoms with Crippen LogP contribution in [-0.2, 0) is 17.8 Å². The molecule has 1 aliphatic heterocycles. The highest BCUT2D eigenvalue weighted by Crippen LogP contribution is 2.14. The number of amides is 1. The average molecular weight is 352 g/mol. The number of anilines is 2. The van der Waals surface area contributed by atoms with Gasteiger partial charge in [-0.1, -0.05) is 31.2 Å². The van der Waals surface area contributed by atoms with Crippen molar-refractivity contribution in [3.8, 4) is 0 Å². The summed E-state index contributed by atoms with van der Waals surface area (Å²) in [6.45, 7) is 8.86. The maximum atomic E-state index is 12.2. The van der Waals surface area contributed by atoms with Crippen molar-refractivity contribution >= 4 is 17.3 Å². The van der Waals surface area contributed by atoms with Gasteiger partial charge < -0.3 is 16.0 Å². The van der Waals surface area contributed by atoms with Crippen LogP contribution >= 0.6 is 0 Å². The number of rotatable bonds is 6. The summed E-state index contributed by atoms with van der Waals surface area (Å²) >= 11 is 0. The van der Waals surface area contributed by atoms with Crippen LogP contribution in [0.2, 0.25) is 0 Å². The van der Waals surface area contributed by atoms with Gasteiger partial charge in [0.05, 0.1) is 6.42 Å². The molecule has 1 saturated heterocycles. The van der Waals surface area contributed by atoms with Gasteiger partial charge in [-0.05, 0) is 41.9 Å². The first-order valence-electron chi connectivity index (χ1n) is 9.30. The van der Waals surface area contributed by atoms with Crippen molar-refractivity contribution in [3.63, 3.8) is 0 Å². The van der Waals surface area contributed by atoms with Crippen LogP contribution in [0.1, 0.15) is 18.1 Å². The minimum atomic E-state index is -0.0155. The van der Waals surface area contributed by atoms with Gasteiger partial charge in [0.2, 0.25) is 5.91 Å². The van der Waals surface area contributed by atoms with Gasteiger partial charge in [-0.25, -0.2) is 0 Å². The Labute approximate surface area is 155 Å². The van der Waals surface area contributed by atoms with E-state index in [1.165, 1.54) is 5.56 Å². The van der Waals surface area contributed by atoms with Crippen molar-refractivity contribution in [1.82, 2.24) is 9.80 Å². The van der Waals surface area contributed by atoms with Crippen LogP contribution in [0.15, 0.2) is 48.5 Å². The number of carbonyl (C=O) groups is 1. The van der Waals surface area contributed by atoms with Crippen LogP contribution < -0.4 is 11.1 Å². The zero-order valence-electron chi connectivity index (χ0n) is 15.4. The number of piperazine rings is 1. The van der Waals surface area contributed by atoms with Crippen molar-refractivity contribution in [3.05, 3.63) is 59.7 Å². The molecule has 26 heavy (non-hydrogen) atoms. The number of hydrogen-bond donors (Lipinski definition) is 2.